The van der Waals surface area contributed by atoms with Gasteiger partial charge in [0.05, 0.1) is 11.4 Å². The zero-order valence-electron chi connectivity index (χ0n) is 11.3. The molecule has 0 bridgehead atoms. The Bertz CT molecular complexity index is 680. The minimum absolute atomic E-state index is 0.172. The molecule has 0 aromatic heterocycles. The molecule has 1 aromatic carbocycles. The standard InChI is InChI=1S/C12H16ClN3O2S2/c1-12(2,6-7-13)8-14-20(17,18)10-5-3-4-9-11(10)16-19-15-9/h3-5,14H,6-8H2,1-2H3. The van der Waals surface area contributed by atoms with Gasteiger partial charge in [0.25, 0.3) is 0 Å². The molecule has 1 heterocycles. The Morgan fingerprint density at radius 3 is 2.80 bits per heavy atom. The van der Waals surface area contributed by atoms with Gasteiger partial charge in [0.15, 0.2) is 0 Å². The maximum atomic E-state index is 12.4. The average Bonchev–Trinajstić information content (AvgIpc) is 2.84. The number of benzene rings is 1. The van der Waals surface area contributed by atoms with Crippen molar-refractivity contribution in [1.29, 1.82) is 0 Å². The van der Waals surface area contributed by atoms with Crippen LogP contribution in [0.4, 0.5) is 11.4 Å². The van der Waals surface area contributed by atoms with Crippen molar-refractivity contribution in [1.82, 2.24) is 4.72 Å². The van der Waals surface area contributed by atoms with Crippen LogP contribution < -0.4 is 4.72 Å². The zero-order chi connectivity index (χ0) is 14.8. The predicted molar refractivity (Wildman–Crippen MR) is 82.3 cm³/mol. The molecule has 110 valence electrons. The second kappa shape index (κ2) is 5.93. The Hall–Kier alpha value is -0.760. The van der Waals surface area contributed by atoms with Gasteiger partial charge in [0, 0.05) is 12.4 Å². The maximum absolute atomic E-state index is 12.4. The molecule has 0 fully saturated rings. The van der Waals surface area contributed by atoms with E-state index in [4.69, 9.17) is 11.6 Å². The zero-order valence-corrected chi connectivity index (χ0v) is 13.6. The molecule has 0 radical (unpaired) electrons. The van der Waals surface area contributed by atoms with E-state index in [1.807, 2.05) is 13.8 Å². The molecule has 1 N–H and O–H groups in total. The minimum atomic E-state index is -3.60. The third-order valence-corrected chi connectivity index (χ3v) is 5.21. The lowest BCUT2D eigenvalue weighted by Gasteiger charge is -2.23. The van der Waals surface area contributed by atoms with Crippen LogP contribution in [0.1, 0.15) is 20.3 Å². The van der Waals surface area contributed by atoms with Crippen molar-refractivity contribution >= 4 is 44.4 Å². The number of sulfonamides is 1. The first-order valence-corrected chi connectivity index (χ1v) is 8.87. The van der Waals surface area contributed by atoms with Gasteiger partial charge in [-0.25, -0.2) is 13.1 Å². The highest BCUT2D eigenvalue weighted by molar-refractivity contribution is 7.89. The third-order valence-electron chi connectivity index (χ3n) is 3.05. The molecule has 2 rings (SSSR count). The summed E-state index contributed by atoms with van der Waals surface area (Å²) in [6.07, 6.45) is 0.736. The average molecular weight is 334 g/mol. The van der Waals surface area contributed by atoms with E-state index in [2.05, 4.69) is 13.4 Å². The molecular weight excluding hydrogens is 318 g/mol. The number of fused-ring (bicyclic) bond motifs is 1. The molecule has 0 atom stereocenters. The summed E-state index contributed by atoms with van der Waals surface area (Å²) in [5.41, 5.74) is 0.821. The highest BCUT2D eigenvalue weighted by Gasteiger charge is 2.25. The van der Waals surface area contributed by atoms with Crippen LogP contribution in [0.2, 0.25) is 0 Å². The molecule has 0 saturated carbocycles. The van der Waals surface area contributed by atoms with Gasteiger partial charge in [-0.15, -0.1) is 11.6 Å². The maximum Gasteiger partial charge on any atom is 0.242 e. The molecule has 1 aromatic rings. The number of halogens is 1. The Morgan fingerprint density at radius 1 is 1.35 bits per heavy atom. The van der Waals surface area contributed by atoms with Crippen molar-refractivity contribution in [2.75, 3.05) is 12.4 Å². The van der Waals surface area contributed by atoms with Gasteiger partial charge in [0.1, 0.15) is 16.3 Å². The van der Waals surface area contributed by atoms with E-state index in [0.717, 1.165) is 17.8 Å². The molecule has 0 unspecified atom stereocenters. The minimum Gasteiger partial charge on any atom is -0.211 e. The summed E-state index contributed by atoms with van der Waals surface area (Å²) in [4.78, 5) is 0.172. The van der Waals surface area contributed by atoms with Crippen LogP contribution >= 0.6 is 11.6 Å². The SMILES string of the molecule is CC(C)(CCCl)CNS(=O)(=O)c1cccc2c1N=S=N2. The smallest absolute Gasteiger partial charge is 0.211 e. The molecule has 1 aliphatic rings. The van der Waals surface area contributed by atoms with E-state index in [-0.39, 0.29) is 10.3 Å². The number of hydrogen-bond donors (Lipinski definition) is 1. The summed E-state index contributed by atoms with van der Waals surface area (Å²) >= 11 is 6.73. The molecule has 0 saturated heterocycles. The number of rotatable bonds is 6. The van der Waals surface area contributed by atoms with Crippen molar-refractivity contribution in [3.63, 3.8) is 0 Å². The lowest BCUT2D eigenvalue weighted by Crippen LogP contribution is -2.34. The van der Waals surface area contributed by atoms with Crippen molar-refractivity contribution in [3.8, 4) is 0 Å². The number of alkyl halides is 1. The highest BCUT2D eigenvalue weighted by Crippen LogP contribution is 2.37. The van der Waals surface area contributed by atoms with Crippen LogP contribution in [0.25, 0.3) is 0 Å². The fourth-order valence-corrected chi connectivity index (χ4v) is 4.23. The monoisotopic (exact) mass is 333 g/mol. The van der Waals surface area contributed by atoms with E-state index < -0.39 is 10.0 Å². The quantitative estimate of drug-likeness (QED) is 0.823. The van der Waals surface area contributed by atoms with Crippen molar-refractivity contribution in [3.05, 3.63) is 18.2 Å². The number of nitrogens with zero attached hydrogens (tertiary/aromatic N) is 2. The molecule has 5 nitrogen and oxygen atoms in total. The van der Waals surface area contributed by atoms with Crippen LogP contribution in [0, 0.1) is 5.41 Å². The summed E-state index contributed by atoms with van der Waals surface area (Å²) in [6.45, 7) is 4.28. The van der Waals surface area contributed by atoms with Gasteiger partial charge >= 0.3 is 0 Å². The molecule has 0 amide bonds. The third kappa shape index (κ3) is 3.46. The molecule has 1 aliphatic heterocycles. The van der Waals surface area contributed by atoms with E-state index in [1.165, 1.54) is 0 Å². The number of hydrogen-bond acceptors (Lipinski definition) is 4. The fourth-order valence-electron chi connectivity index (χ4n) is 1.71. The first-order valence-electron chi connectivity index (χ1n) is 6.13. The molecule has 8 heteroatoms. The Kier molecular flexibility index (Phi) is 4.63. The summed E-state index contributed by atoms with van der Waals surface area (Å²) in [6, 6.07) is 4.96. The Morgan fingerprint density at radius 2 is 2.10 bits per heavy atom. The van der Waals surface area contributed by atoms with Crippen LogP contribution in [-0.4, -0.2) is 20.8 Å². The first-order chi connectivity index (χ1) is 9.36. The number of nitrogens with one attached hydrogen (secondary N) is 1. The van der Waals surface area contributed by atoms with Crippen LogP contribution in [-0.2, 0) is 21.4 Å². The largest absolute Gasteiger partial charge is 0.242 e. The van der Waals surface area contributed by atoms with Gasteiger partial charge in [-0.3, -0.25) is 0 Å². The Labute approximate surface area is 127 Å². The summed E-state index contributed by atoms with van der Waals surface area (Å²) in [7, 11) is -3.60. The second-order valence-electron chi connectivity index (χ2n) is 5.32. The van der Waals surface area contributed by atoms with E-state index in [9.17, 15) is 8.42 Å². The Balaban J connectivity index is 2.21. The normalized spacial score (nSPS) is 14.2. The van der Waals surface area contributed by atoms with Gasteiger partial charge in [-0.2, -0.15) is 8.73 Å². The van der Waals surface area contributed by atoms with Crippen molar-refractivity contribution in [2.24, 2.45) is 14.1 Å². The lowest BCUT2D eigenvalue weighted by atomic mass is 9.91. The van der Waals surface area contributed by atoms with Crippen molar-refractivity contribution < 1.29 is 8.42 Å². The van der Waals surface area contributed by atoms with Crippen molar-refractivity contribution in [2.45, 2.75) is 25.2 Å². The summed E-state index contributed by atoms with van der Waals surface area (Å²) in [5, 5.41) is 0. The van der Waals surface area contributed by atoms with E-state index in [0.29, 0.717) is 23.8 Å². The molecular formula is C12H16ClN3O2S2. The summed E-state index contributed by atoms with van der Waals surface area (Å²) < 4.78 is 35.5. The predicted octanol–water partition coefficient (Wildman–Crippen LogP) is 3.35. The fraction of sp³-hybridized carbons (Fsp3) is 0.500. The lowest BCUT2D eigenvalue weighted by molar-refractivity contribution is 0.352. The highest BCUT2D eigenvalue weighted by atomic mass is 35.5. The van der Waals surface area contributed by atoms with Gasteiger partial charge < -0.3 is 0 Å². The van der Waals surface area contributed by atoms with E-state index >= 15 is 0 Å². The van der Waals surface area contributed by atoms with Gasteiger partial charge in [0.2, 0.25) is 10.0 Å². The molecule has 0 spiro atoms. The van der Waals surface area contributed by atoms with Gasteiger partial charge in [-0.1, -0.05) is 19.9 Å². The van der Waals surface area contributed by atoms with Crippen LogP contribution in [0.5, 0.6) is 0 Å². The van der Waals surface area contributed by atoms with Gasteiger partial charge in [-0.05, 0) is 24.0 Å². The first kappa shape index (κ1) is 15.6. The van der Waals surface area contributed by atoms with E-state index in [1.54, 1.807) is 18.2 Å². The second-order valence-corrected chi connectivity index (χ2v) is 7.96. The topological polar surface area (TPSA) is 70.9 Å². The molecule has 0 aliphatic carbocycles. The van der Waals surface area contributed by atoms with Crippen LogP contribution in [0.3, 0.4) is 0 Å². The molecule has 20 heavy (non-hydrogen) atoms. The van der Waals surface area contributed by atoms with Crippen LogP contribution in [0.15, 0.2) is 31.8 Å². The summed E-state index contributed by atoms with van der Waals surface area (Å²) in [5.74, 6) is 0.500.